The van der Waals surface area contributed by atoms with Crippen LogP contribution in [0, 0.1) is 6.92 Å². The topological polar surface area (TPSA) is 59.3 Å². The zero-order valence-electron chi connectivity index (χ0n) is 10.2. The van der Waals surface area contributed by atoms with Crippen molar-refractivity contribution in [2.45, 2.75) is 6.92 Å². The van der Waals surface area contributed by atoms with Gasteiger partial charge in [-0.2, -0.15) is 0 Å². The quantitative estimate of drug-likeness (QED) is 0.878. The zero-order valence-corrected chi connectivity index (χ0v) is 10.2. The molecule has 0 amide bonds. The fraction of sp³-hybridized carbons (Fsp3) is 0.143. The van der Waals surface area contributed by atoms with Crippen molar-refractivity contribution in [1.82, 2.24) is 4.57 Å². The van der Waals surface area contributed by atoms with Crippen molar-refractivity contribution in [1.29, 1.82) is 0 Å². The van der Waals surface area contributed by atoms with Crippen LogP contribution in [-0.2, 0) is 7.05 Å². The first kappa shape index (κ1) is 12.1. The Labute approximate surface area is 104 Å². The summed E-state index contributed by atoms with van der Waals surface area (Å²) in [5.41, 5.74) is 2.65. The molecule has 0 fully saturated rings. The van der Waals surface area contributed by atoms with E-state index in [1.165, 1.54) is 4.57 Å². The molecule has 2 aromatic rings. The lowest BCUT2D eigenvalue weighted by atomic mass is 10.0. The first-order valence-electron chi connectivity index (χ1n) is 5.50. The van der Waals surface area contributed by atoms with Crippen molar-refractivity contribution >= 4 is 5.97 Å². The van der Waals surface area contributed by atoms with E-state index in [2.05, 4.69) is 0 Å². The predicted octanol–water partition coefficient (Wildman–Crippen LogP) is 2.06. The number of carboxylic acids is 1. The van der Waals surface area contributed by atoms with E-state index >= 15 is 0 Å². The third kappa shape index (κ3) is 2.18. The maximum Gasteiger partial charge on any atom is 0.335 e. The van der Waals surface area contributed by atoms with Crippen molar-refractivity contribution < 1.29 is 9.90 Å². The maximum atomic E-state index is 11.5. The minimum absolute atomic E-state index is 0.0781. The van der Waals surface area contributed by atoms with Gasteiger partial charge in [-0.15, -0.1) is 0 Å². The molecule has 0 aliphatic rings. The first-order valence-corrected chi connectivity index (χ1v) is 5.50. The number of aryl methyl sites for hydroxylation is 2. The predicted molar refractivity (Wildman–Crippen MR) is 68.8 cm³/mol. The number of pyridine rings is 1. The summed E-state index contributed by atoms with van der Waals surface area (Å²) in [6.07, 6.45) is 1.72. The number of carbonyl (C=O) groups is 1. The van der Waals surface area contributed by atoms with Gasteiger partial charge in [0.2, 0.25) is 0 Å². The van der Waals surface area contributed by atoms with Crippen molar-refractivity contribution in [3.8, 4) is 11.1 Å². The molecule has 0 aliphatic carbocycles. The van der Waals surface area contributed by atoms with Crippen LogP contribution in [0.4, 0.5) is 0 Å². The summed E-state index contributed by atoms with van der Waals surface area (Å²) in [6.45, 7) is 1.84. The number of carboxylic acid groups (broad SMARTS) is 1. The lowest BCUT2D eigenvalue weighted by Gasteiger charge is -2.08. The molecular weight excluding hydrogens is 230 g/mol. The Hall–Kier alpha value is -2.36. The average Bonchev–Trinajstić information content (AvgIpc) is 2.34. The fourth-order valence-electron chi connectivity index (χ4n) is 1.85. The van der Waals surface area contributed by atoms with Crippen LogP contribution in [0.15, 0.2) is 41.3 Å². The van der Waals surface area contributed by atoms with Gasteiger partial charge in [-0.3, -0.25) is 4.79 Å². The van der Waals surface area contributed by atoms with E-state index in [0.717, 1.165) is 16.7 Å². The summed E-state index contributed by atoms with van der Waals surface area (Å²) in [5.74, 6) is -0.959. The summed E-state index contributed by atoms with van der Waals surface area (Å²) in [7, 11) is 1.67. The van der Waals surface area contributed by atoms with Crippen LogP contribution < -0.4 is 5.56 Å². The standard InChI is InChI=1S/C14H13NO3/c1-9-6-13(16)15(2)8-12(9)10-4-3-5-11(7-10)14(17)18/h3-8H,1-2H3,(H,17,18). The lowest BCUT2D eigenvalue weighted by molar-refractivity contribution is 0.0697. The minimum Gasteiger partial charge on any atom is -0.478 e. The Morgan fingerprint density at radius 3 is 2.67 bits per heavy atom. The molecular formula is C14H13NO3. The molecule has 0 saturated heterocycles. The second-order valence-corrected chi connectivity index (χ2v) is 4.21. The van der Waals surface area contributed by atoms with Gasteiger partial charge in [0.25, 0.3) is 5.56 Å². The molecule has 1 aromatic carbocycles. The molecule has 92 valence electrons. The number of nitrogens with zero attached hydrogens (tertiary/aromatic N) is 1. The van der Waals surface area contributed by atoms with Crippen molar-refractivity contribution in [2.75, 3.05) is 0 Å². The highest BCUT2D eigenvalue weighted by Crippen LogP contribution is 2.22. The van der Waals surface area contributed by atoms with Gasteiger partial charge in [0.1, 0.15) is 0 Å². The molecule has 2 rings (SSSR count). The van der Waals surface area contributed by atoms with E-state index in [9.17, 15) is 9.59 Å². The van der Waals surface area contributed by atoms with Crippen LogP contribution in [0.5, 0.6) is 0 Å². The highest BCUT2D eigenvalue weighted by Gasteiger charge is 2.08. The van der Waals surface area contributed by atoms with Gasteiger partial charge < -0.3 is 9.67 Å². The molecule has 4 nitrogen and oxygen atoms in total. The summed E-state index contributed by atoms with van der Waals surface area (Å²) in [4.78, 5) is 22.4. The summed E-state index contributed by atoms with van der Waals surface area (Å²) < 4.78 is 1.48. The Balaban J connectivity index is 2.62. The van der Waals surface area contributed by atoms with Crippen LogP contribution in [0.2, 0.25) is 0 Å². The highest BCUT2D eigenvalue weighted by molar-refractivity contribution is 5.89. The first-order chi connectivity index (χ1) is 8.49. The molecule has 4 heteroatoms. The van der Waals surface area contributed by atoms with E-state index in [1.807, 2.05) is 13.0 Å². The van der Waals surface area contributed by atoms with Gasteiger partial charge in [0, 0.05) is 24.9 Å². The third-order valence-corrected chi connectivity index (χ3v) is 2.86. The molecule has 1 heterocycles. The molecule has 0 atom stereocenters. The molecule has 1 N–H and O–H groups in total. The van der Waals surface area contributed by atoms with E-state index in [4.69, 9.17) is 5.11 Å². The Morgan fingerprint density at radius 2 is 2.00 bits per heavy atom. The van der Waals surface area contributed by atoms with E-state index < -0.39 is 5.97 Å². The fourth-order valence-corrected chi connectivity index (χ4v) is 1.85. The van der Waals surface area contributed by atoms with Crippen LogP contribution in [-0.4, -0.2) is 15.6 Å². The monoisotopic (exact) mass is 243 g/mol. The van der Waals surface area contributed by atoms with Gasteiger partial charge in [-0.1, -0.05) is 12.1 Å². The van der Waals surface area contributed by atoms with Gasteiger partial charge in [0.05, 0.1) is 5.56 Å². The number of rotatable bonds is 2. The number of hydrogen-bond donors (Lipinski definition) is 1. The van der Waals surface area contributed by atoms with Gasteiger partial charge in [-0.05, 0) is 30.2 Å². The molecule has 0 bridgehead atoms. The minimum atomic E-state index is -0.959. The molecule has 0 radical (unpaired) electrons. The smallest absolute Gasteiger partial charge is 0.335 e. The van der Waals surface area contributed by atoms with Crippen LogP contribution in [0.3, 0.4) is 0 Å². The van der Waals surface area contributed by atoms with E-state index in [0.29, 0.717) is 0 Å². The number of aromatic carboxylic acids is 1. The molecule has 0 aliphatic heterocycles. The molecule has 0 saturated carbocycles. The van der Waals surface area contributed by atoms with Crippen molar-refractivity contribution in [2.24, 2.45) is 7.05 Å². The van der Waals surface area contributed by atoms with Crippen molar-refractivity contribution in [3.05, 3.63) is 58.0 Å². The lowest BCUT2D eigenvalue weighted by Crippen LogP contribution is -2.15. The summed E-state index contributed by atoms with van der Waals surface area (Å²) >= 11 is 0. The number of aromatic nitrogens is 1. The highest BCUT2D eigenvalue weighted by atomic mass is 16.4. The van der Waals surface area contributed by atoms with Gasteiger partial charge in [0.15, 0.2) is 0 Å². The Morgan fingerprint density at radius 1 is 1.28 bits per heavy atom. The summed E-state index contributed by atoms with van der Waals surface area (Å²) in [6, 6.07) is 8.23. The van der Waals surface area contributed by atoms with Gasteiger partial charge in [-0.25, -0.2) is 4.79 Å². The van der Waals surface area contributed by atoms with E-state index in [1.54, 1.807) is 37.5 Å². The molecule has 0 spiro atoms. The Bertz CT molecular complexity index is 671. The number of hydrogen-bond acceptors (Lipinski definition) is 2. The molecule has 1 aromatic heterocycles. The maximum absolute atomic E-state index is 11.5. The third-order valence-electron chi connectivity index (χ3n) is 2.86. The SMILES string of the molecule is Cc1cc(=O)n(C)cc1-c1cccc(C(=O)O)c1. The Kier molecular flexibility index (Phi) is 3.02. The molecule has 18 heavy (non-hydrogen) atoms. The summed E-state index contributed by atoms with van der Waals surface area (Å²) in [5, 5.41) is 8.97. The second-order valence-electron chi connectivity index (χ2n) is 4.21. The van der Waals surface area contributed by atoms with E-state index in [-0.39, 0.29) is 11.1 Å². The molecule has 0 unspecified atom stereocenters. The largest absolute Gasteiger partial charge is 0.478 e. The van der Waals surface area contributed by atoms with Crippen LogP contribution in [0.1, 0.15) is 15.9 Å². The van der Waals surface area contributed by atoms with Crippen LogP contribution in [0.25, 0.3) is 11.1 Å². The zero-order chi connectivity index (χ0) is 13.3. The normalized spacial score (nSPS) is 10.3. The average molecular weight is 243 g/mol. The van der Waals surface area contributed by atoms with Crippen molar-refractivity contribution in [3.63, 3.8) is 0 Å². The van der Waals surface area contributed by atoms with Crippen LogP contribution >= 0.6 is 0 Å². The second kappa shape index (κ2) is 4.49. The van der Waals surface area contributed by atoms with Gasteiger partial charge >= 0.3 is 5.97 Å². The number of benzene rings is 1.